The topological polar surface area (TPSA) is 282 Å². The first-order chi connectivity index (χ1) is 10.3. The monoisotopic (exact) mass is 360 g/mol. The Balaban J connectivity index is 0.000000841. The van der Waals surface area contributed by atoms with Gasteiger partial charge in [0, 0.05) is 0 Å². The fourth-order valence-electron chi connectivity index (χ4n) is 1.91. The Bertz CT molecular complexity index is 529. The molecule has 14 nitrogen and oxygen atoms in total. The molecule has 0 aliphatic heterocycles. The first-order valence-electron chi connectivity index (χ1n) is 5.87. The van der Waals surface area contributed by atoms with Crippen molar-refractivity contribution in [1.29, 1.82) is 5.41 Å². The van der Waals surface area contributed by atoms with Gasteiger partial charge in [0.15, 0.2) is 11.9 Å². The van der Waals surface area contributed by atoms with Gasteiger partial charge in [0.25, 0.3) is 0 Å². The molecule has 0 aromatic heterocycles. The van der Waals surface area contributed by atoms with Crippen LogP contribution in [0.2, 0.25) is 0 Å². The summed E-state index contributed by atoms with van der Waals surface area (Å²) in [6.45, 7) is 0. The van der Waals surface area contributed by atoms with Crippen molar-refractivity contribution in [3.05, 3.63) is 0 Å². The lowest BCUT2D eigenvalue weighted by molar-refractivity contribution is -0.140. The number of rotatable bonds is 2. The maximum absolute atomic E-state index is 9.92. The zero-order valence-electron chi connectivity index (χ0n) is 11.6. The highest BCUT2D eigenvalue weighted by Crippen LogP contribution is 2.23. The second-order valence-electron chi connectivity index (χ2n) is 4.54. The van der Waals surface area contributed by atoms with E-state index in [9.17, 15) is 20.4 Å². The summed E-state index contributed by atoms with van der Waals surface area (Å²) in [6.07, 6.45) is -6.07. The Kier molecular flexibility index (Phi) is 7.58. The lowest BCUT2D eigenvalue weighted by Crippen LogP contribution is -2.68. The highest BCUT2D eigenvalue weighted by atomic mass is 32.3. The van der Waals surface area contributed by atoms with E-state index in [2.05, 4.69) is 10.3 Å². The fourth-order valence-corrected chi connectivity index (χ4v) is 1.91. The normalized spacial score (nSPS) is 33.8. The molecule has 136 valence electrons. The Morgan fingerprint density at radius 2 is 1.39 bits per heavy atom. The van der Waals surface area contributed by atoms with Crippen molar-refractivity contribution in [2.24, 2.45) is 22.2 Å². The van der Waals surface area contributed by atoms with Crippen LogP contribution in [0, 0.1) is 5.41 Å². The van der Waals surface area contributed by atoms with E-state index in [1.54, 1.807) is 0 Å². The summed E-state index contributed by atoms with van der Waals surface area (Å²) in [5.74, 6) is -0.895. The number of nitrogens with one attached hydrogen (secondary N) is 2. The molecule has 0 spiro atoms. The van der Waals surface area contributed by atoms with E-state index in [0.29, 0.717) is 0 Å². The number of nitrogens with zero attached hydrogens (tertiary/aromatic N) is 1. The van der Waals surface area contributed by atoms with Crippen molar-refractivity contribution in [2.45, 2.75) is 36.5 Å². The number of aliphatic imine (C=N–C) groups is 1. The van der Waals surface area contributed by atoms with Gasteiger partial charge in [-0.25, -0.2) is 4.99 Å². The first kappa shape index (κ1) is 21.2. The van der Waals surface area contributed by atoms with Crippen LogP contribution in [-0.2, 0) is 10.4 Å². The second kappa shape index (κ2) is 8.20. The van der Waals surface area contributed by atoms with Crippen LogP contribution in [0.5, 0.6) is 0 Å². The molecule has 1 fully saturated rings. The molecule has 1 aliphatic carbocycles. The lowest BCUT2D eigenvalue weighted by atomic mass is 9.82. The smallest absolute Gasteiger partial charge is 0.389 e. The van der Waals surface area contributed by atoms with E-state index in [1.807, 2.05) is 0 Å². The van der Waals surface area contributed by atoms with Gasteiger partial charge in [-0.2, -0.15) is 8.42 Å². The third-order valence-corrected chi connectivity index (χ3v) is 2.76. The van der Waals surface area contributed by atoms with Gasteiger partial charge in [0.05, 0.1) is 6.04 Å². The molecule has 0 radical (unpaired) electrons. The molecule has 0 amide bonds. The summed E-state index contributed by atoms with van der Waals surface area (Å²) >= 11 is 0. The van der Waals surface area contributed by atoms with Gasteiger partial charge >= 0.3 is 10.4 Å². The van der Waals surface area contributed by atoms with E-state index < -0.39 is 52.9 Å². The molecule has 0 bridgehead atoms. The zero-order chi connectivity index (χ0) is 18.5. The quantitative estimate of drug-likeness (QED) is 0.125. The maximum Gasteiger partial charge on any atom is 0.394 e. The van der Waals surface area contributed by atoms with Crippen LogP contribution in [-0.4, -0.2) is 86.4 Å². The molecular formula is C8H20N6O8S. The molecule has 0 aromatic rings. The SMILES string of the molecule is N=C(N)NC1C(O)C(O)C(O)C(N=C(N)N)C1O.O=S(=O)(O)O. The molecule has 0 aromatic carbocycles. The highest BCUT2D eigenvalue weighted by Gasteiger charge is 2.49. The van der Waals surface area contributed by atoms with Gasteiger partial charge in [0.2, 0.25) is 0 Å². The molecule has 23 heavy (non-hydrogen) atoms. The third kappa shape index (κ3) is 7.37. The minimum Gasteiger partial charge on any atom is -0.389 e. The van der Waals surface area contributed by atoms with E-state index in [-0.39, 0.29) is 5.96 Å². The standard InChI is InChI=1S/C8H18N6O4.H2O4S/c9-7(10)13-1-3(15)2(14-8(11)12)5(17)6(18)4(1)16;1-5(2,3)4/h1-6,15-18H,(H4,9,10,13)(H4,11,12,14);(H2,1,2,3,4). The van der Waals surface area contributed by atoms with Gasteiger partial charge in [-0.15, -0.1) is 0 Å². The van der Waals surface area contributed by atoms with Crippen LogP contribution in [0.3, 0.4) is 0 Å². The van der Waals surface area contributed by atoms with Gasteiger partial charge in [-0.3, -0.25) is 14.5 Å². The van der Waals surface area contributed by atoms with Crippen LogP contribution in [0.4, 0.5) is 0 Å². The highest BCUT2D eigenvalue weighted by molar-refractivity contribution is 7.79. The third-order valence-electron chi connectivity index (χ3n) is 2.76. The summed E-state index contributed by atoms with van der Waals surface area (Å²) in [4.78, 5) is 3.59. The fraction of sp³-hybridized carbons (Fsp3) is 0.750. The molecule has 14 N–H and O–H groups in total. The van der Waals surface area contributed by atoms with Gasteiger partial charge in [-0.1, -0.05) is 0 Å². The molecule has 1 aliphatic rings. The van der Waals surface area contributed by atoms with Crippen molar-refractivity contribution in [3.63, 3.8) is 0 Å². The predicted octanol–water partition coefficient (Wildman–Crippen LogP) is -5.72. The zero-order valence-corrected chi connectivity index (χ0v) is 12.4. The van der Waals surface area contributed by atoms with Crippen LogP contribution in [0.1, 0.15) is 0 Å². The van der Waals surface area contributed by atoms with E-state index >= 15 is 0 Å². The van der Waals surface area contributed by atoms with Crippen molar-refractivity contribution >= 4 is 22.3 Å². The van der Waals surface area contributed by atoms with Gasteiger partial charge in [-0.05, 0) is 0 Å². The van der Waals surface area contributed by atoms with Crippen molar-refractivity contribution < 1.29 is 37.9 Å². The maximum atomic E-state index is 9.92. The Labute approximate surface area is 130 Å². The number of guanidine groups is 2. The summed E-state index contributed by atoms with van der Waals surface area (Å²) in [6, 6.07) is -2.40. The van der Waals surface area contributed by atoms with Crippen LogP contribution in [0.25, 0.3) is 0 Å². The van der Waals surface area contributed by atoms with Gasteiger partial charge < -0.3 is 42.9 Å². The Morgan fingerprint density at radius 3 is 1.74 bits per heavy atom. The van der Waals surface area contributed by atoms with Crippen LogP contribution in [0.15, 0.2) is 4.99 Å². The van der Waals surface area contributed by atoms with Crippen LogP contribution < -0.4 is 22.5 Å². The molecule has 6 atom stereocenters. The summed E-state index contributed by atoms with van der Waals surface area (Å²) < 4.78 is 31.6. The summed E-state index contributed by atoms with van der Waals surface area (Å²) in [5.41, 5.74) is 15.4. The second-order valence-corrected chi connectivity index (χ2v) is 5.43. The van der Waals surface area contributed by atoms with E-state index in [4.69, 9.17) is 40.1 Å². The number of aliphatic hydroxyl groups excluding tert-OH is 4. The molecule has 15 heteroatoms. The average Bonchev–Trinajstić information content (AvgIpc) is 2.35. The Morgan fingerprint density at radius 1 is 0.957 bits per heavy atom. The van der Waals surface area contributed by atoms with E-state index in [1.165, 1.54) is 0 Å². The van der Waals surface area contributed by atoms with Crippen LogP contribution >= 0.6 is 0 Å². The summed E-state index contributed by atoms with van der Waals surface area (Å²) in [7, 11) is -4.67. The van der Waals surface area contributed by atoms with Gasteiger partial charge in [0.1, 0.15) is 30.5 Å². The summed E-state index contributed by atoms with van der Waals surface area (Å²) in [5, 5.41) is 48.2. The minimum absolute atomic E-state index is 0.386. The van der Waals surface area contributed by atoms with Crippen molar-refractivity contribution in [3.8, 4) is 0 Å². The number of aliphatic hydroxyl groups is 4. The molecule has 6 unspecified atom stereocenters. The largest absolute Gasteiger partial charge is 0.394 e. The number of nitrogens with two attached hydrogens (primary N) is 3. The van der Waals surface area contributed by atoms with E-state index in [0.717, 1.165) is 0 Å². The number of hydrogen-bond donors (Lipinski definition) is 11. The molecule has 1 rings (SSSR count). The van der Waals surface area contributed by atoms with Crippen molar-refractivity contribution in [2.75, 3.05) is 0 Å². The molecule has 0 heterocycles. The lowest BCUT2D eigenvalue weighted by Gasteiger charge is -2.42. The molecule has 1 saturated carbocycles. The van der Waals surface area contributed by atoms with Crippen molar-refractivity contribution in [1.82, 2.24) is 5.32 Å². The molecule has 0 saturated heterocycles. The molecular weight excluding hydrogens is 340 g/mol. The Hall–Kier alpha value is -1.75. The average molecular weight is 360 g/mol. The minimum atomic E-state index is -4.67. The number of hydrogen-bond acceptors (Lipinski definition) is 8. The first-order valence-corrected chi connectivity index (χ1v) is 7.26. The predicted molar refractivity (Wildman–Crippen MR) is 76.6 cm³/mol.